The molecule has 2 aliphatic heterocycles. The van der Waals surface area contributed by atoms with Gasteiger partial charge in [0.05, 0.1) is 11.8 Å². The maximum Gasteiger partial charge on any atom is 0.407 e. The van der Waals surface area contributed by atoms with Crippen molar-refractivity contribution in [2.75, 3.05) is 20.1 Å². The molecule has 7 heteroatoms. The van der Waals surface area contributed by atoms with Crippen LogP contribution in [0.4, 0.5) is 4.79 Å². The van der Waals surface area contributed by atoms with Crippen molar-refractivity contribution in [1.82, 2.24) is 15.1 Å². The molecule has 2 heterocycles. The van der Waals surface area contributed by atoms with Gasteiger partial charge in [0.15, 0.2) is 0 Å². The Morgan fingerprint density at radius 2 is 1.85 bits per heavy atom. The summed E-state index contributed by atoms with van der Waals surface area (Å²) in [4.78, 5) is 40.4. The van der Waals surface area contributed by atoms with Crippen molar-refractivity contribution in [2.45, 2.75) is 39.0 Å². The number of fused-ring (bicyclic) bond motifs is 1. The second-order valence-corrected chi connectivity index (χ2v) is 8.23. The van der Waals surface area contributed by atoms with E-state index in [1.165, 1.54) is 11.9 Å². The molecular formula is C20H27N3O4. The maximum absolute atomic E-state index is 12.6. The smallest absolute Gasteiger partial charge is 0.407 e. The van der Waals surface area contributed by atoms with Gasteiger partial charge in [-0.1, -0.05) is 30.3 Å². The average molecular weight is 373 g/mol. The monoisotopic (exact) mass is 373 g/mol. The maximum atomic E-state index is 12.6. The summed E-state index contributed by atoms with van der Waals surface area (Å²) in [6.45, 7) is 6.79. The van der Waals surface area contributed by atoms with E-state index in [9.17, 15) is 14.4 Å². The lowest BCUT2D eigenvalue weighted by Gasteiger charge is -2.29. The number of rotatable bonds is 4. The average Bonchev–Trinajstić information content (AvgIpc) is 3.04. The lowest BCUT2D eigenvalue weighted by atomic mass is 9.93. The number of hydrogen-bond donors (Lipinski definition) is 1. The first-order valence-corrected chi connectivity index (χ1v) is 9.23. The molecule has 3 rings (SSSR count). The molecule has 2 fully saturated rings. The van der Waals surface area contributed by atoms with Crippen LogP contribution in [0.3, 0.4) is 0 Å². The number of likely N-dealkylation sites (tertiary alicyclic amines) is 2. The number of alkyl carbamates (subject to hydrolysis) is 1. The van der Waals surface area contributed by atoms with Crippen molar-refractivity contribution in [1.29, 1.82) is 0 Å². The second kappa shape index (κ2) is 7.31. The molecule has 0 aliphatic carbocycles. The molecular weight excluding hydrogens is 346 g/mol. The van der Waals surface area contributed by atoms with Gasteiger partial charge in [0.1, 0.15) is 5.60 Å². The van der Waals surface area contributed by atoms with E-state index >= 15 is 0 Å². The van der Waals surface area contributed by atoms with E-state index < -0.39 is 17.6 Å². The largest absolute Gasteiger partial charge is 0.444 e. The predicted octanol–water partition coefficient (Wildman–Crippen LogP) is 1.63. The fourth-order valence-corrected chi connectivity index (χ4v) is 3.90. The van der Waals surface area contributed by atoms with E-state index in [0.717, 1.165) is 5.56 Å². The summed E-state index contributed by atoms with van der Waals surface area (Å²) < 4.78 is 5.30. The van der Waals surface area contributed by atoms with Crippen molar-refractivity contribution in [3.8, 4) is 0 Å². The summed E-state index contributed by atoms with van der Waals surface area (Å²) in [5.41, 5.74) is 0.513. The number of nitrogens with one attached hydrogen (secondary N) is 1. The van der Waals surface area contributed by atoms with Crippen molar-refractivity contribution in [2.24, 2.45) is 11.8 Å². The van der Waals surface area contributed by atoms with Gasteiger partial charge >= 0.3 is 6.09 Å². The number of imide groups is 1. The number of hydrogen-bond acceptors (Lipinski definition) is 5. The van der Waals surface area contributed by atoms with Crippen LogP contribution in [0.25, 0.3) is 0 Å². The highest BCUT2D eigenvalue weighted by Crippen LogP contribution is 2.38. The molecule has 0 bridgehead atoms. The Morgan fingerprint density at radius 1 is 1.19 bits per heavy atom. The van der Waals surface area contributed by atoms with Crippen LogP contribution in [0.15, 0.2) is 30.3 Å². The molecule has 146 valence electrons. The molecule has 0 spiro atoms. The highest BCUT2D eigenvalue weighted by atomic mass is 16.6. The first kappa shape index (κ1) is 19.4. The molecule has 0 radical (unpaired) electrons. The molecule has 2 saturated heterocycles. The highest BCUT2D eigenvalue weighted by Gasteiger charge is 2.56. The quantitative estimate of drug-likeness (QED) is 0.812. The zero-order valence-electron chi connectivity index (χ0n) is 16.3. The van der Waals surface area contributed by atoms with Gasteiger partial charge in [0, 0.05) is 32.7 Å². The number of ether oxygens (including phenoxy) is 1. The Morgan fingerprint density at radius 3 is 2.48 bits per heavy atom. The van der Waals surface area contributed by atoms with Crippen LogP contribution in [0.1, 0.15) is 26.3 Å². The Balaban J connectivity index is 1.75. The lowest BCUT2D eigenvalue weighted by Crippen LogP contribution is -2.46. The van der Waals surface area contributed by atoms with Gasteiger partial charge in [-0.05, 0) is 26.3 Å². The molecule has 2 aliphatic rings. The van der Waals surface area contributed by atoms with Crippen molar-refractivity contribution in [3.63, 3.8) is 0 Å². The molecule has 0 aromatic heterocycles. The normalized spacial score (nSPS) is 25.6. The third kappa shape index (κ3) is 4.13. The zero-order chi connectivity index (χ0) is 19.8. The van der Waals surface area contributed by atoms with E-state index in [0.29, 0.717) is 13.1 Å². The highest BCUT2D eigenvalue weighted by molar-refractivity contribution is 6.05. The standard InChI is InChI=1S/C20H27N3O4/c1-20(2,3)27-19(26)21-10-15-16-14(17(24)22(4)18(16)25)12-23(15)11-13-8-6-5-7-9-13/h5-9,14-16H,10-12H2,1-4H3,(H,21,26)/t14-,15-,16-/m1/s1. The Labute approximate surface area is 159 Å². The van der Waals surface area contributed by atoms with Crippen molar-refractivity contribution in [3.05, 3.63) is 35.9 Å². The minimum atomic E-state index is -0.592. The summed E-state index contributed by atoms with van der Waals surface area (Å²) in [6.07, 6.45) is -0.518. The van der Waals surface area contributed by atoms with E-state index in [-0.39, 0.29) is 30.3 Å². The van der Waals surface area contributed by atoms with E-state index in [1.54, 1.807) is 20.8 Å². The fourth-order valence-electron chi connectivity index (χ4n) is 3.90. The zero-order valence-corrected chi connectivity index (χ0v) is 16.3. The molecule has 1 aromatic carbocycles. The topological polar surface area (TPSA) is 79.0 Å². The van der Waals surface area contributed by atoms with Crippen LogP contribution in [-0.4, -0.2) is 59.5 Å². The number of carbonyl (C=O) groups excluding carboxylic acids is 3. The lowest BCUT2D eigenvalue weighted by molar-refractivity contribution is -0.139. The van der Waals surface area contributed by atoms with Crippen molar-refractivity contribution >= 4 is 17.9 Å². The first-order chi connectivity index (χ1) is 12.7. The van der Waals surface area contributed by atoms with Crippen LogP contribution in [0, 0.1) is 11.8 Å². The molecule has 3 amide bonds. The molecule has 7 nitrogen and oxygen atoms in total. The fraction of sp³-hybridized carbons (Fsp3) is 0.550. The number of nitrogens with zero attached hydrogens (tertiary/aromatic N) is 2. The van der Waals surface area contributed by atoms with Crippen LogP contribution in [0.5, 0.6) is 0 Å². The van der Waals surface area contributed by atoms with Crippen LogP contribution in [0.2, 0.25) is 0 Å². The molecule has 1 aromatic rings. The minimum absolute atomic E-state index is 0.136. The number of benzene rings is 1. The van der Waals surface area contributed by atoms with Gasteiger partial charge in [0.2, 0.25) is 11.8 Å². The summed E-state index contributed by atoms with van der Waals surface area (Å²) in [7, 11) is 1.53. The summed E-state index contributed by atoms with van der Waals surface area (Å²) in [6, 6.07) is 9.66. The van der Waals surface area contributed by atoms with Gasteiger partial charge in [0.25, 0.3) is 0 Å². The Hall–Kier alpha value is -2.41. The summed E-state index contributed by atoms with van der Waals surface area (Å²) >= 11 is 0. The van der Waals surface area contributed by atoms with Gasteiger partial charge in [-0.2, -0.15) is 0 Å². The van der Waals surface area contributed by atoms with Crippen LogP contribution >= 0.6 is 0 Å². The van der Waals surface area contributed by atoms with Gasteiger partial charge < -0.3 is 10.1 Å². The van der Waals surface area contributed by atoms with E-state index in [2.05, 4.69) is 10.2 Å². The third-order valence-corrected chi connectivity index (χ3v) is 5.09. The predicted molar refractivity (Wildman–Crippen MR) is 99.6 cm³/mol. The Kier molecular flexibility index (Phi) is 5.24. The molecule has 3 atom stereocenters. The third-order valence-electron chi connectivity index (χ3n) is 5.09. The van der Waals surface area contributed by atoms with Gasteiger partial charge in [-0.3, -0.25) is 19.4 Å². The molecule has 27 heavy (non-hydrogen) atoms. The van der Waals surface area contributed by atoms with Crippen molar-refractivity contribution < 1.29 is 19.1 Å². The van der Waals surface area contributed by atoms with Gasteiger partial charge in [-0.25, -0.2) is 4.79 Å². The summed E-state index contributed by atoms with van der Waals surface area (Å²) in [5, 5.41) is 2.77. The molecule has 1 N–H and O–H groups in total. The number of carbonyl (C=O) groups is 3. The number of amides is 3. The molecule has 0 unspecified atom stereocenters. The van der Waals surface area contributed by atoms with E-state index in [4.69, 9.17) is 4.74 Å². The first-order valence-electron chi connectivity index (χ1n) is 9.23. The minimum Gasteiger partial charge on any atom is -0.444 e. The SMILES string of the molecule is CN1C(=O)[C@H]2[C@@H](CNC(=O)OC(C)(C)C)N(Cc3ccccc3)C[C@H]2C1=O. The van der Waals surface area contributed by atoms with Crippen LogP contribution in [-0.2, 0) is 20.9 Å². The molecule has 0 saturated carbocycles. The van der Waals surface area contributed by atoms with Crippen LogP contribution < -0.4 is 5.32 Å². The van der Waals surface area contributed by atoms with E-state index in [1.807, 2.05) is 30.3 Å². The Bertz CT molecular complexity index is 728. The summed E-state index contributed by atoms with van der Waals surface area (Å²) in [5.74, 6) is -1.09. The van der Waals surface area contributed by atoms with Gasteiger partial charge in [-0.15, -0.1) is 0 Å². The second-order valence-electron chi connectivity index (χ2n) is 8.23.